The van der Waals surface area contributed by atoms with Gasteiger partial charge in [0.2, 0.25) is 5.91 Å². The lowest BCUT2D eigenvalue weighted by molar-refractivity contribution is -0.122. The average molecular weight is 471 g/mol. The predicted molar refractivity (Wildman–Crippen MR) is 135 cm³/mol. The maximum absolute atomic E-state index is 12.4. The molecule has 0 atom stereocenters. The number of nitrogens with one attached hydrogen (secondary N) is 2. The van der Waals surface area contributed by atoms with Crippen molar-refractivity contribution in [3.63, 3.8) is 0 Å². The van der Waals surface area contributed by atoms with Crippen molar-refractivity contribution in [1.29, 1.82) is 0 Å². The first kappa shape index (κ1) is 24.8. The van der Waals surface area contributed by atoms with Crippen molar-refractivity contribution in [1.82, 2.24) is 20.4 Å². The first-order valence-corrected chi connectivity index (χ1v) is 11.8. The fourth-order valence-electron chi connectivity index (χ4n) is 3.88. The SMILES string of the molecule is COc1ccc(OC)c(CCNC(=S)N2CCCN(CC(=O)NCc3ccccc3)CC2)c1. The molecule has 0 aliphatic carbocycles. The first-order valence-electron chi connectivity index (χ1n) is 11.4. The highest BCUT2D eigenvalue weighted by Gasteiger charge is 2.18. The summed E-state index contributed by atoms with van der Waals surface area (Å²) in [6.45, 7) is 5.08. The maximum atomic E-state index is 12.4. The van der Waals surface area contributed by atoms with Crippen molar-refractivity contribution < 1.29 is 14.3 Å². The highest BCUT2D eigenvalue weighted by Crippen LogP contribution is 2.24. The van der Waals surface area contributed by atoms with Crippen LogP contribution < -0.4 is 20.1 Å². The molecule has 8 heteroatoms. The molecule has 0 bridgehead atoms. The van der Waals surface area contributed by atoms with Gasteiger partial charge in [-0.1, -0.05) is 30.3 Å². The number of benzene rings is 2. The number of thiocarbonyl (C=S) groups is 1. The van der Waals surface area contributed by atoms with Gasteiger partial charge in [0.15, 0.2) is 5.11 Å². The molecule has 2 aromatic carbocycles. The van der Waals surface area contributed by atoms with Crippen LogP contribution in [0.1, 0.15) is 17.5 Å². The Kier molecular flexibility index (Phi) is 9.77. The molecule has 0 radical (unpaired) electrons. The molecule has 1 fully saturated rings. The third-order valence-corrected chi connectivity index (χ3v) is 6.14. The molecule has 2 aromatic rings. The minimum Gasteiger partial charge on any atom is -0.497 e. The zero-order valence-corrected chi connectivity index (χ0v) is 20.3. The van der Waals surface area contributed by atoms with Gasteiger partial charge in [-0.2, -0.15) is 0 Å². The Hall–Kier alpha value is -2.84. The van der Waals surface area contributed by atoms with Crippen molar-refractivity contribution in [3.05, 3.63) is 59.7 Å². The number of hydrogen-bond donors (Lipinski definition) is 2. The molecule has 3 rings (SSSR count). The van der Waals surface area contributed by atoms with E-state index in [-0.39, 0.29) is 5.91 Å². The molecule has 1 aliphatic rings. The number of amides is 1. The van der Waals surface area contributed by atoms with E-state index in [1.807, 2.05) is 48.5 Å². The van der Waals surface area contributed by atoms with Crippen LogP contribution in [-0.2, 0) is 17.8 Å². The van der Waals surface area contributed by atoms with E-state index in [0.717, 1.165) is 66.8 Å². The second-order valence-electron chi connectivity index (χ2n) is 8.04. The highest BCUT2D eigenvalue weighted by molar-refractivity contribution is 7.80. The quantitative estimate of drug-likeness (QED) is 0.546. The fraction of sp³-hybridized carbons (Fsp3) is 0.440. The number of hydrogen-bond acceptors (Lipinski definition) is 5. The summed E-state index contributed by atoms with van der Waals surface area (Å²) in [5, 5.41) is 7.14. The lowest BCUT2D eigenvalue weighted by atomic mass is 10.1. The van der Waals surface area contributed by atoms with E-state index in [4.69, 9.17) is 21.7 Å². The minimum atomic E-state index is 0.0558. The van der Waals surface area contributed by atoms with E-state index in [9.17, 15) is 4.79 Å². The topological polar surface area (TPSA) is 66.1 Å². The van der Waals surface area contributed by atoms with Gasteiger partial charge in [-0.15, -0.1) is 0 Å². The molecule has 0 saturated carbocycles. The molecule has 0 spiro atoms. The third kappa shape index (κ3) is 7.91. The number of carbonyl (C=O) groups excluding carboxylic acids is 1. The summed E-state index contributed by atoms with van der Waals surface area (Å²) in [6.07, 6.45) is 1.75. The van der Waals surface area contributed by atoms with Crippen molar-refractivity contribution in [2.24, 2.45) is 0 Å². The Morgan fingerprint density at radius 2 is 1.82 bits per heavy atom. The smallest absolute Gasteiger partial charge is 0.234 e. The first-order chi connectivity index (χ1) is 16.1. The summed E-state index contributed by atoms with van der Waals surface area (Å²) in [4.78, 5) is 16.8. The summed E-state index contributed by atoms with van der Waals surface area (Å²) in [5.74, 6) is 1.72. The van der Waals surface area contributed by atoms with E-state index >= 15 is 0 Å². The molecule has 0 aromatic heterocycles. The van der Waals surface area contributed by atoms with E-state index in [1.54, 1.807) is 14.2 Å². The Bertz CT molecular complexity index is 910. The van der Waals surface area contributed by atoms with Crippen LogP contribution in [0, 0.1) is 0 Å². The van der Waals surface area contributed by atoms with Crippen LogP contribution in [-0.4, -0.2) is 74.3 Å². The second-order valence-corrected chi connectivity index (χ2v) is 8.43. The number of ether oxygens (including phenoxy) is 2. The fourth-order valence-corrected chi connectivity index (χ4v) is 4.17. The number of rotatable bonds is 9. The van der Waals surface area contributed by atoms with Crippen molar-refractivity contribution in [2.45, 2.75) is 19.4 Å². The van der Waals surface area contributed by atoms with Gasteiger partial charge in [0, 0.05) is 39.3 Å². The third-order valence-electron chi connectivity index (χ3n) is 5.73. The van der Waals surface area contributed by atoms with Gasteiger partial charge in [0.05, 0.1) is 20.8 Å². The van der Waals surface area contributed by atoms with E-state index in [1.165, 1.54) is 0 Å². The minimum absolute atomic E-state index is 0.0558. The Labute approximate surface area is 202 Å². The largest absolute Gasteiger partial charge is 0.497 e. The van der Waals surface area contributed by atoms with Gasteiger partial charge in [0.1, 0.15) is 11.5 Å². The van der Waals surface area contributed by atoms with Gasteiger partial charge in [-0.3, -0.25) is 9.69 Å². The van der Waals surface area contributed by atoms with Gasteiger partial charge in [-0.05, 0) is 54.4 Å². The van der Waals surface area contributed by atoms with Crippen molar-refractivity contribution in [3.8, 4) is 11.5 Å². The summed E-state index contributed by atoms with van der Waals surface area (Å²) in [6, 6.07) is 15.8. The molecule has 2 N–H and O–H groups in total. The molecule has 1 heterocycles. The van der Waals surface area contributed by atoms with E-state index in [2.05, 4.69) is 20.4 Å². The zero-order chi connectivity index (χ0) is 23.5. The molecule has 1 saturated heterocycles. The van der Waals surface area contributed by atoms with Crippen molar-refractivity contribution in [2.75, 3.05) is 53.5 Å². The molecule has 178 valence electrons. The standard InChI is InChI=1S/C25H34N4O3S/c1-31-22-9-10-23(32-2)21(17-22)11-12-26-25(33)29-14-6-13-28(15-16-29)19-24(30)27-18-20-7-4-3-5-8-20/h3-5,7-10,17H,6,11-16,18-19H2,1-2H3,(H,26,33)(H,27,30). The monoisotopic (exact) mass is 470 g/mol. The number of nitrogens with zero attached hydrogens (tertiary/aromatic N) is 2. The lowest BCUT2D eigenvalue weighted by Crippen LogP contribution is -2.43. The van der Waals surface area contributed by atoms with Crippen LogP contribution in [0.3, 0.4) is 0 Å². The second kappa shape index (κ2) is 13.0. The molecular weight excluding hydrogens is 436 g/mol. The van der Waals surface area contributed by atoms with Crippen LogP contribution in [0.5, 0.6) is 11.5 Å². The number of carbonyl (C=O) groups is 1. The van der Waals surface area contributed by atoms with Crippen LogP contribution in [0.15, 0.2) is 48.5 Å². The summed E-state index contributed by atoms with van der Waals surface area (Å²) in [5.41, 5.74) is 2.19. The summed E-state index contributed by atoms with van der Waals surface area (Å²) in [7, 11) is 3.34. The molecule has 1 amide bonds. The normalized spacial score (nSPS) is 14.3. The molecule has 0 unspecified atom stereocenters. The molecule has 33 heavy (non-hydrogen) atoms. The highest BCUT2D eigenvalue weighted by atomic mass is 32.1. The van der Waals surface area contributed by atoms with Crippen LogP contribution in [0.25, 0.3) is 0 Å². The van der Waals surface area contributed by atoms with Gasteiger partial charge in [0.25, 0.3) is 0 Å². The Morgan fingerprint density at radius 3 is 2.58 bits per heavy atom. The Morgan fingerprint density at radius 1 is 1.00 bits per heavy atom. The molecular formula is C25H34N4O3S. The van der Waals surface area contributed by atoms with Crippen LogP contribution in [0.2, 0.25) is 0 Å². The maximum Gasteiger partial charge on any atom is 0.234 e. The van der Waals surface area contributed by atoms with Crippen molar-refractivity contribution >= 4 is 23.2 Å². The average Bonchev–Trinajstić information content (AvgIpc) is 3.09. The molecule has 7 nitrogen and oxygen atoms in total. The summed E-state index contributed by atoms with van der Waals surface area (Å²) >= 11 is 5.64. The van der Waals surface area contributed by atoms with Crippen LogP contribution in [0.4, 0.5) is 0 Å². The van der Waals surface area contributed by atoms with Crippen LogP contribution >= 0.6 is 12.2 Å². The number of methoxy groups -OCH3 is 2. The summed E-state index contributed by atoms with van der Waals surface area (Å²) < 4.78 is 10.8. The van der Waals surface area contributed by atoms with Gasteiger partial charge < -0.3 is 25.0 Å². The Balaban J connectivity index is 1.40. The van der Waals surface area contributed by atoms with E-state index < -0.39 is 0 Å². The van der Waals surface area contributed by atoms with Gasteiger partial charge in [-0.25, -0.2) is 0 Å². The zero-order valence-electron chi connectivity index (χ0n) is 19.5. The van der Waals surface area contributed by atoms with Gasteiger partial charge >= 0.3 is 0 Å². The molecule has 1 aliphatic heterocycles. The predicted octanol–water partition coefficient (Wildman–Crippen LogP) is 2.44. The van der Waals surface area contributed by atoms with E-state index in [0.29, 0.717) is 19.6 Å². The lowest BCUT2D eigenvalue weighted by Gasteiger charge is -2.24.